The summed E-state index contributed by atoms with van der Waals surface area (Å²) in [7, 11) is 0. The minimum Gasteiger partial charge on any atom is -0.360 e. The van der Waals surface area contributed by atoms with Gasteiger partial charge in [0.05, 0.1) is 5.75 Å². The first-order chi connectivity index (χ1) is 11.2. The topological polar surface area (TPSA) is 66.9 Å². The summed E-state index contributed by atoms with van der Waals surface area (Å²) in [4.78, 5) is 11.8. The normalized spacial score (nSPS) is 10.5. The molecule has 8 heteroatoms. The zero-order valence-electron chi connectivity index (χ0n) is 12.8. The Balaban J connectivity index is 1.71. The van der Waals surface area contributed by atoms with Crippen molar-refractivity contribution in [3.63, 3.8) is 0 Å². The number of nitrogens with zero attached hydrogens (tertiary/aromatic N) is 2. The van der Waals surface area contributed by atoms with Gasteiger partial charge in [0.2, 0.25) is 11.0 Å². The number of amides is 1. The Bertz CT molecular complexity index is 635. The van der Waals surface area contributed by atoms with E-state index in [0.29, 0.717) is 5.56 Å². The summed E-state index contributed by atoms with van der Waals surface area (Å²) in [6.07, 6.45) is 2.20. The smallest absolute Gasteiger partial charge is 0.230 e. The zero-order valence-corrected chi connectivity index (χ0v) is 14.5. The van der Waals surface area contributed by atoms with Crippen LogP contribution in [0.2, 0.25) is 0 Å². The molecule has 0 spiro atoms. The van der Waals surface area contributed by atoms with E-state index < -0.39 is 0 Å². The van der Waals surface area contributed by atoms with Gasteiger partial charge in [-0.2, -0.15) is 0 Å². The van der Waals surface area contributed by atoms with Crippen molar-refractivity contribution in [3.8, 4) is 0 Å². The highest BCUT2D eigenvalue weighted by Gasteiger charge is 2.09. The van der Waals surface area contributed by atoms with Gasteiger partial charge >= 0.3 is 0 Å². The second-order valence-electron chi connectivity index (χ2n) is 4.81. The molecule has 0 unspecified atom stereocenters. The number of carbonyl (C=O) groups excluding carboxylic acids is 1. The minimum atomic E-state index is -0.313. The van der Waals surface area contributed by atoms with Gasteiger partial charge in [-0.05, 0) is 12.5 Å². The van der Waals surface area contributed by atoms with Crippen molar-refractivity contribution in [2.24, 2.45) is 0 Å². The molecule has 1 aromatic carbocycles. The first-order valence-corrected chi connectivity index (χ1v) is 9.19. The number of carbonyl (C=O) groups is 1. The van der Waals surface area contributed by atoms with Gasteiger partial charge in [0.1, 0.15) is 5.82 Å². The van der Waals surface area contributed by atoms with Crippen LogP contribution in [0.1, 0.15) is 25.3 Å². The van der Waals surface area contributed by atoms with Crippen molar-refractivity contribution in [2.75, 3.05) is 17.6 Å². The minimum absolute atomic E-state index is 0.158. The number of rotatable bonds is 9. The SMILES string of the molecule is CCCCNc1nnc(SCC(=O)NCc2ccccc2F)s1. The van der Waals surface area contributed by atoms with Crippen LogP contribution in [0.5, 0.6) is 0 Å². The monoisotopic (exact) mass is 354 g/mol. The number of hydrogen-bond donors (Lipinski definition) is 2. The molecule has 0 aliphatic carbocycles. The van der Waals surface area contributed by atoms with E-state index in [2.05, 4.69) is 27.8 Å². The van der Waals surface area contributed by atoms with Crippen molar-refractivity contribution in [1.82, 2.24) is 15.5 Å². The van der Waals surface area contributed by atoms with Crippen LogP contribution in [0.4, 0.5) is 9.52 Å². The molecule has 2 aromatic rings. The van der Waals surface area contributed by atoms with Crippen molar-refractivity contribution in [1.29, 1.82) is 0 Å². The third-order valence-corrected chi connectivity index (χ3v) is 4.99. The fourth-order valence-electron chi connectivity index (χ4n) is 1.73. The molecule has 23 heavy (non-hydrogen) atoms. The Kier molecular flexibility index (Phi) is 7.28. The van der Waals surface area contributed by atoms with E-state index in [4.69, 9.17) is 0 Å². The lowest BCUT2D eigenvalue weighted by atomic mass is 10.2. The Hall–Kier alpha value is -1.67. The molecule has 1 amide bonds. The zero-order chi connectivity index (χ0) is 16.5. The number of thioether (sulfide) groups is 1. The number of nitrogens with one attached hydrogen (secondary N) is 2. The highest BCUT2D eigenvalue weighted by Crippen LogP contribution is 2.25. The molecule has 1 aromatic heterocycles. The van der Waals surface area contributed by atoms with Crippen molar-refractivity contribution < 1.29 is 9.18 Å². The summed E-state index contributed by atoms with van der Waals surface area (Å²) in [6.45, 7) is 3.19. The van der Waals surface area contributed by atoms with E-state index in [9.17, 15) is 9.18 Å². The van der Waals surface area contributed by atoms with Gasteiger partial charge in [-0.3, -0.25) is 4.79 Å². The fourth-order valence-corrected chi connectivity index (χ4v) is 3.33. The molecule has 0 bridgehead atoms. The Morgan fingerprint density at radius 3 is 2.96 bits per heavy atom. The van der Waals surface area contributed by atoms with E-state index in [-0.39, 0.29) is 24.0 Å². The van der Waals surface area contributed by atoms with Crippen LogP contribution in [0.15, 0.2) is 28.6 Å². The number of hydrogen-bond acceptors (Lipinski definition) is 6. The Morgan fingerprint density at radius 2 is 2.17 bits per heavy atom. The van der Waals surface area contributed by atoms with Crippen molar-refractivity contribution in [2.45, 2.75) is 30.6 Å². The average Bonchev–Trinajstić information content (AvgIpc) is 3.00. The number of aromatic nitrogens is 2. The van der Waals surface area contributed by atoms with Crippen LogP contribution in [0.3, 0.4) is 0 Å². The fraction of sp³-hybridized carbons (Fsp3) is 0.400. The maximum Gasteiger partial charge on any atom is 0.230 e. The first kappa shape index (κ1) is 17.7. The van der Waals surface area contributed by atoms with Crippen LogP contribution >= 0.6 is 23.1 Å². The molecule has 0 saturated carbocycles. The quantitative estimate of drug-likeness (QED) is 0.534. The number of benzene rings is 1. The van der Waals surface area contributed by atoms with E-state index in [0.717, 1.165) is 28.9 Å². The average molecular weight is 354 g/mol. The number of halogens is 1. The van der Waals surface area contributed by atoms with Crippen LogP contribution in [0.25, 0.3) is 0 Å². The number of unbranched alkanes of at least 4 members (excludes halogenated alkanes) is 1. The second-order valence-corrected chi connectivity index (χ2v) is 7.01. The molecule has 0 saturated heterocycles. The lowest BCUT2D eigenvalue weighted by Gasteiger charge is -2.05. The summed E-state index contributed by atoms with van der Waals surface area (Å²) < 4.78 is 14.2. The maximum absolute atomic E-state index is 13.4. The lowest BCUT2D eigenvalue weighted by Crippen LogP contribution is -2.24. The third kappa shape index (κ3) is 6.15. The van der Waals surface area contributed by atoms with E-state index in [1.807, 2.05) is 0 Å². The molecule has 0 aliphatic rings. The van der Waals surface area contributed by atoms with Crippen LogP contribution < -0.4 is 10.6 Å². The van der Waals surface area contributed by atoms with Gasteiger partial charge in [0, 0.05) is 18.7 Å². The Labute approximate surface area is 143 Å². The molecule has 0 aliphatic heterocycles. The molecule has 5 nitrogen and oxygen atoms in total. The summed E-state index contributed by atoms with van der Waals surface area (Å²) in [5, 5.41) is 14.7. The molecular weight excluding hydrogens is 335 g/mol. The molecule has 0 fully saturated rings. The number of anilines is 1. The van der Waals surface area contributed by atoms with Gasteiger partial charge in [-0.1, -0.05) is 54.6 Å². The predicted molar refractivity (Wildman–Crippen MR) is 92.3 cm³/mol. The molecule has 2 N–H and O–H groups in total. The van der Waals surface area contributed by atoms with E-state index >= 15 is 0 Å². The van der Waals surface area contributed by atoms with Crippen LogP contribution in [0, 0.1) is 5.82 Å². The molecule has 2 rings (SSSR count). The Morgan fingerprint density at radius 1 is 1.35 bits per heavy atom. The molecule has 124 valence electrons. The van der Waals surface area contributed by atoms with Crippen molar-refractivity contribution >= 4 is 34.1 Å². The van der Waals surface area contributed by atoms with Crippen molar-refractivity contribution in [3.05, 3.63) is 35.6 Å². The summed E-state index contributed by atoms with van der Waals surface area (Å²) in [5.41, 5.74) is 0.476. The van der Waals surface area contributed by atoms with Gasteiger partial charge < -0.3 is 10.6 Å². The van der Waals surface area contributed by atoms with Crippen LogP contribution in [-0.2, 0) is 11.3 Å². The highest BCUT2D eigenvalue weighted by atomic mass is 32.2. The molecule has 1 heterocycles. The standard InChI is InChI=1S/C15H19FN4OS2/c1-2-3-8-17-14-19-20-15(23-14)22-10-13(21)18-9-11-6-4-5-7-12(11)16/h4-7H,2-3,8-10H2,1H3,(H,17,19)(H,18,21). The lowest BCUT2D eigenvalue weighted by molar-refractivity contribution is -0.118. The van der Waals surface area contributed by atoms with Crippen LogP contribution in [-0.4, -0.2) is 28.4 Å². The maximum atomic E-state index is 13.4. The molecule has 0 atom stereocenters. The second kappa shape index (κ2) is 9.46. The summed E-state index contributed by atoms with van der Waals surface area (Å²) >= 11 is 2.76. The molecular formula is C15H19FN4OS2. The van der Waals surface area contributed by atoms with E-state index in [1.165, 1.54) is 29.2 Å². The van der Waals surface area contributed by atoms with E-state index in [1.54, 1.807) is 18.2 Å². The first-order valence-electron chi connectivity index (χ1n) is 7.39. The third-order valence-electron chi connectivity index (χ3n) is 2.97. The highest BCUT2D eigenvalue weighted by molar-refractivity contribution is 8.01. The summed E-state index contributed by atoms with van der Waals surface area (Å²) in [6, 6.07) is 6.40. The molecule has 0 radical (unpaired) electrons. The van der Waals surface area contributed by atoms with Gasteiger partial charge in [-0.15, -0.1) is 10.2 Å². The van der Waals surface area contributed by atoms with Gasteiger partial charge in [0.15, 0.2) is 4.34 Å². The summed E-state index contributed by atoms with van der Waals surface area (Å²) in [5.74, 6) is -0.237. The van der Waals surface area contributed by atoms with Gasteiger partial charge in [-0.25, -0.2) is 4.39 Å². The largest absolute Gasteiger partial charge is 0.360 e. The van der Waals surface area contributed by atoms with Gasteiger partial charge in [0.25, 0.3) is 0 Å². The predicted octanol–water partition coefficient (Wildman–Crippen LogP) is 3.30.